The van der Waals surface area contributed by atoms with Crippen molar-refractivity contribution >= 4 is 5.91 Å². The Morgan fingerprint density at radius 1 is 1.19 bits per heavy atom. The number of carbonyl (C=O) groups is 1. The molecule has 26 heavy (non-hydrogen) atoms. The highest BCUT2D eigenvalue weighted by Crippen LogP contribution is 2.18. The first-order chi connectivity index (χ1) is 12.5. The summed E-state index contributed by atoms with van der Waals surface area (Å²) >= 11 is 0. The summed E-state index contributed by atoms with van der Waals surface area (Å²) in [5.41, 5.74) is 1.40. The Bertz CT molecular complexity index is 854. The highest BCUT2D eigenvalue weighted by atomic mass is 16.5. The summed E-state index contributed by atoms with van der Waals surface area (Å²) in [4.78, 5) is 29.5. The summed E-state index contributed by atoms with van der Waals surface area (Å²) in [5.74, 6) is 0.00249. The molecular weight excluding hydrogens is 332 g/mol. The largest absolute Gasteiger partial charge is 0.494 e. The van der Waals surface area contributed by atoms with E-state index in [0.717, 1.165) is 25.2 Å². The zero-order valence-electron chi connectivity index (χ0n) is 15.4. The first-order valence-electron chi connectivity index (χ1n) is 8.81. The highest BCUT2D eigenvalue weighted by molar-refractivity contribution is 5.94. The fraction of sp³-hybridized carbons (Fsp3) is 0.421. The van der Waals surface area contributed by atoms with Gasteiger partial charge in [0.2, 0.25) is 0 Å². The predicted octanol–water partition coefficient (Wildman–Crippen LogP) is 1.33. The number of amides is 1. The number of aromatic nitrogens is 2. The number of carbonyl (C=O) groups excluding carboxylic acids is 1. The Labute approximate surface area is 152 Å². The van der Waals surface area contributed by atoms with E-state index in [1.165, 1.54) is 17.9 Å². The van der Waals surface area contributed by atoms with Crippen LogP contribution in [-0.4, -0.2) is 65.3 Å². The third-order valence-electron chi connectivity index (χ3n) is 4.77. The minimum absolute atomic E-state index is 0.167. The van der Waals surface area contributed by atoms with Crippen LogP contribution >= 0.6 is 0 Å². The van der Waals surface area contributed by atoms with E-state index in [0.29, 0.717) is 18.8 Å². The Kier molecular flexibility index (Phi) is 5.37. The van der Waals surface area contributed by atoms with Crippen LogP contribution in [0.25, 0.3) is 5.69 Å². The number of benzene rings is 1. The van der Waals surface area contributed by atoms with Crippen molar-refractivity contribution < 1.29 is 9.53 Å². The van der Waals surface area contributed by atoms with Gasteiger partial charge in [0.25, 0.3) is 11.5 Å². The number of nitrogens with zero attached hydrogens (tertiary/aromatic N) is 4. The maximum absolute atomic E-state index is 13.0. The van der Waals surface area contributed by atoms with Crippen LogP contribution in [0, 0.1) is 6.92 Å². The molecule has 1 fully saturated rings. The van der Waals surface area contributed by atoms with Gasteiger partial charge in [-0.1, -0.05) is 25.1 Å². The van der Waals surface area contributed by atoms with E-state index in [2.05, 4.69) is 16.9 Å². The van der Waals surface area contributed by atoms with Crippen molar-refractivity contribution in [2.24, 2.45) is 0 Å². The first kappa shape index (κ1) is 18.1. The van der Waals surface area contributed by atoms with E-state index >= 15 is 0 Å². The summed E-state index contributed by atoms with van der Waals surface area (Å²) in [7, 11) is 1.44. The van der Waals surface area contributed by atoms with E-state index in [1.807, 2.05) is 31.2 Å². The molecule has 0 unspecified atom stereocenters. The highest BCUT2D eigenvalue weighted by Gasteiger charge is 2.26. The molecule has 1 aliphatic rings. The van der Waals surface area contributed by atoms with E-state index in [-0.39, 0.29) is 22.9 Å². The zero-order valence-corrected chi connectivity index (χ0v) is 15.4. The Hall–Kier alpha value is -2.67. The molecule has 1 aliphatic heterocycles. The average molecular weight is 356 g/mol. The summed E-state index contributed by atoms with van der Waals surface area (Å²) in [6, 6.07) is 8.78. The number of likely N-dealkylation sites (N-methyl/N-ethyl adjacent to an activating group) is 1. The number of hydrogen-bond donors (Lipinski definition) is 0. The lowest BCUT2D eigenvalue weighted by Gasteiger charge is -2.34. The lowest BCUT2D eigenvalue weighted by Crippen LogP contribution is -2.49. The van der Waals surface area contributed by atoms with Crippen molar-refractivity contribution in [2.45, 2.75) is 13.8 Å². The maximum Gasteiger partial charge on any atom is 0.278 e. The van der Waals surface area contributed by atoms with Gasteiger partial charge in [-0.25, -0.2) is 0 Å². The second-order valence-electron chi connectivity index (χ2n) is 6.32. The molecule has 2 heterocycles. The van der Waals surface area contributed by atoms with Gasteiger partial charge in [-0.3, -0.25) is 9.59 Å². The second-order valence-corrected chi connectivity index (χ2v) is 6.32. The minimum atomic E-state index is -0.330. The van der Waals surface area contributed by atoms with Crippen molar-refractivity contribution in [3.63, 3.8) is 0 Å². The topological polar surface area (TPSA) is 67.7 Å². The van der Waals surface area contributed by atoms with Crippen molar-refractivity contribution in [2.75, 3.05) is 39.8 Å². The molecule has 1 aromatic carbocycles. The molecule has 0 saturated carbocycles. The summed E-state index contributed by atoms with van der Waals surface area (Å²) in [5, 5.41) is 4.36. The SMILES string of the molecule is CCN1CCN(C(=O)c2nn(-c3ccccc3C)c(=O)cc2OC)CC1. The van der Waals surface area contributed by atoms with Crippen molar-refractivity contribution in [1.82, 2.24) is 19.6 Å². The van der Waals surface area contributed by atoms with Crippen molar-refractivity contribution in [3.05, 3.63) is 51.9 Å². The normalized spacial score (nSPS) is 15.1. The van der Waals surface area contributed by atoms with Gasteiger partial charge in [-0.15, -0.1) is 0 Å². The van der Waals surface area contributed by atoms with Gasteiger partial charge >= 0.3 is 0 Å². The molecule has 1 amide bonds. The number of para-hydroxylation sites is 1. The maximum atomic E-state index is 13.0. The molecule has 138 valence electrons. The fourth-order valence-corrected chi connectivity index (χ4v) is 3.13. The third kappa shape index (κ3) is 3.48. The van der Waals surface area contributed by atoms with Gasteiger partial charge in [0.05, 0.1) is 18.9 Å². The summed E-state index contributed by atoms with van der Waals surface area (Å²) < 4.78 is 6.54. The van der Waals surface area contributed by atoms with Gasteiger partial charge in [-0.2, -0.15) is 9.78 Å². The number of rotatable bonds is 4. The molecule has 1 saturated heterocycles. The predicted molar refractivity (Wildman–Crippen MR) is 99.1 cm³/mol. The van der Waals surface area contributed by atoms with Crippen LogP contribution < -0.4 is 10.3 Å². The lowest BCUT2D eigenvalue weighted by atomic mass is 10.2. The van der Waals surface area contributed by atoms with Crippen LogP contribution in [0.4, 0.5) is 0 Å². The van der Waals surface area contributed by atoms with E-state index in [4.69, 9.17) is 4.74 Å². The van der Waals surface area contributed by atoms with Gasteiger partial charge < -0.3 is 14.5 Å². The number of ether oxygens (including phenoxy) is 1. The van der Waals surface area contributed by atoms with Gasteiger partial charge in [-0.05, 0) is 25.1 Å². The molecule has 3 rings (SSSR count). The molecule has 7 heteroatoms. The van der Waals surface area contributed by atoms with Gasteiger partial charge in [0.15, 0.2) is 11.4 Å². The van der Waals surface area contributed by atoms with Crippen molar-refractivity contribution in [1.29, 1.82) is 0 Å². The van der Waals surface area contributed by atoms with Crippen LogP contribution in [0.15, 0.2) is 35.1 Å². The van der Waals surface area contributed by atoms with E-state index in [1.54, 1.807) is 4.90 Å². The molecule has 0 radical (unpaired) electrons. The quantitative estimate of drug-likeness (QED) is 0.827. The van der Waals surface area contributed by atoms with Crippen LogP contribution in [0.3, 0.4) is 0 Å². The summed E-state index contributed by atoms with van der Waals surface area (Å²) in [6.07, 6.45) is 0. The molecule has 0 bridgehead atoms. The van der Waals surface area contributed by atoms with E-state index < -0.39 is 0 Å². The second kappa shape index (κ2) is 7.70. The molecule has 0 N–H and O–H groups in total. The van der Waals surface area contributed by atoms with Crippen LogP contribution in [0.1, 0.15) is 23.0 Å². The number of piperazine rings is 1. The Balaban J connectivity index is 1.99. The Morgan fingerprint density at radius 2 is 1.88 bits per heavy atom. The van der Waals surface area contributed by atoms with E-state index in [9.17, 15) is 9.59 Å². The molecule has 0 spiro atoms. The van der Waals surface area contributed by atoms with Crippen LogP contribution in [0.5, 0.6) is 5.75 Å². The fourth-order valence-electron chi connectivity index (χ4n) is 3.13. The molecule has 0 atom stereocenters. The monoisotopic (exact) mass is 356 g/mol. The number of methoxy groups -OCH3 is 1. The van der Waals surface area contributed by atoms with Crippen LogP contribution in [0.2, 0.25) is 0 Å². The first-order valence-corrected chi connectivity index (χ1v) is 8.81. The molecule has 1 aromatic heterocycles. The molecule has 0 aliphatic carbocycles. The third-order valence-corrected chi connectivity index (χ3v) is 4.77. The van der Waals surface area contributed by atoms with Gasteiger partial charge in [0, 0.05) is 26.2 Å². The van der Waals surface area contributed by atoms with Gasteiger partial charge in [0.1, 0.15) is 0 Å². The molecule has 7 nitrogen and oxygen atoms in total. The lowest BCUT2D eigenvalue weighted by molar-refractivity contribution is 0.0631. The van der Waals surface area contributed by atoms with Crippen molar-refractivity contribution in [3.8, 4) is 11.4 Å². The number of aryl methyl sites for hydroxylation is 1. The number of hydrogen-bond acceptors (Lipinski definition) is 5. The minimum Gasteiger partial charge on any atom is -0.494 e. The molecular formula is C19H24N4O3. The standard InChI is InChI=1S/C19H24N4O3/c1-4-21-9-11-22(12-10-21)19(25)18-16(26-3)13-17(24)23(20-18)15-8-6-5-7-14(15)2/h5-8,13H,4,9-12H2,1-3H3. The summed E-state index contributed by atoms with van der Waals surface area (Å²) in [6.45, 7) is 7.94. The average Bonchev–Trinajstić information content (AvgIpc) is 2.68. The Morgan fingerprint density at radius 3 is 2.50 bits per heavy atom. The smallest absolute Gasteiger partial charge is 0.278 e. The van der Waals surface area contributed by atoms with Crippen LogP contribution in [-0.2, 0) is 0 Å². The molecule has 2 aromatic rings. The zero-order chi connectivity index (χ0) is 18.7.